The molecule has 3 heteroatoms. The first kappa shape index (κ1) is 13.7. The van der Waals surface area contributed by atoms with Gasteiger partial charge in [-0.2, -0.15) is 0 Å². The lowest BCUT2D eigenvalue weighted by Gasteiger charge is -2.29. The molecule has 0 aliphatic carbocycles. The second kappa shape index (κ2) is 4.88. The summed E-state index contributed by atoms with van der Waals surface area (Å²) in [6, 6.07) is 8.89. The number of esters is 1. The number of ether oxygens (including phenoxy) is 1. The number of hydrogen-bond acceptors (Lipinski definition) is 3. The zero-order valence-corrected chi connectivity index (χ0v) is 10.9. The van der Waals surface area contributed by atoms with E-state index in [4.69, 9.17) is 4.74 Å². The summed E-state index contributed by atoms with van der Waals surface area (Å²) in [5.74, 6) is -0.598. The van der Waals surface area contributed by atoms with Gasteiger partial charge >= 0.3 is 5.97 Å². The van der Waals surface area contributed by atoms with E-state index >= 15 is 0 Å². The minimum atomic E-state index is -1.56. The molecule has 0 aliphatic heterocycles. The van der Waals surface area contributed by atoms with E-state index in [1.165, 1.54) is 0 Å². The standard InChI is InChI=1S/C14H20O3/c1-5-14(16,11-9-7-6-8-10-11)12(15)17-13(2,3)4/h6-10,16H,5H2,1-4H3/t14-/m0/s1. The van der Waals surface area contributed by atoms with E-state index < -0.39 is 17.2 Å². The molecule has 1 aromatic carbocycles. The maximum atomic E-state index is 12.0. The molecule has 0 spiro atoms. The van der Waals surface area contributed by atoms with E-state index in [9.17, 15) is 9.90 Å². The molecule has 0 fully saturated rings. The van der Waals surface area contributed by atoms with Gasteiger partial charge in [0.05, 0.1) is 0 Å². The Hall–Kier alpha value is -1.35. The summed E-state index contributed by atoms with van der Waals surface area (Å²) >= 11 is 0. The van der Waals surface area contributed by atoms with E-state index in [0.717, 1.165) is 0 Å². The van der Waals surface area contributed by atoms with Crippen molar-refractivity contribution >= 4 is 5.97 Å². The minimum absolute atomic E-state index is 0.284. The van der Waals surface area contributed by atoms with Crippen LogP contribution in [0.25, 0.3) is 0 Å². The van der Waals surface area contributed by atoms with Gasteiger partial charge in [0.15, 0.2) is 5.60 Å². The molecule has 1 atom stereocenters. The van der Waals surface area contributed by atoms with Gasteiger partial charge < -0.3 is 9.84 Å². The molecule has 3 nitrogen and oxygen atoms in total. The van der Waals surface area contributed by atoms with E-state index in [0.29, 0.717) is 5.56 Å². The van der Waals surface area contributed by atoms with E-state index in [2.05, 4.69) is 0 Å². The van der Waals surface area contributed by atoms with Gasteiger partial charge in [0.25, 0.3) is 0 Å². The summed E-state index contributed by atoms with van der Waals surface area (Å²) in [6.45, 7) is 7.11. The second-order valence-corrected chi connectivity index (χ2v) is 5.08. The Balaban J connectivity index is 3.01. The Labute approximate surface area is 102 Å². The number of hydrogen-bond donors (Lipinski definition) is 1. The highest BCUT2D eigenvalue weighted by atomic mass is 16.6. The summed E-state index contributed by atoms with van der Waals surface area (Å²) in [5.41, 5.74) is -1.60. The third-order valence-electron chi connectivity index (χ3n) is 2.50. The third kappa shape index (κ3) is 3.30. The number of carbonyl (C=O) groups excluding carboxylic acids is 1. The molecule has 17 heavy (non-hydrogen) atoms. The maximum absolute atomic E-state index is 12.0. The van der Waals surface area contributed by atoms with Gasteiger partial charge in [-0.3, -0.25) is 0 Å². The van der Waals surface area contributed by atoms with Crippen LogP contribution in [-0.2, 0) is 15.1 Å². The van der Waals surface area contributed by atoms with Gasteiger partial charge in [-0.15, -0.1) is 0 Å². The molecule has 0 saturated heterocycles. The highest BCUT2D eigenvalue weighted by Gasteiger charge is 2.39. The fourth-order valence-electron chi connectivity index (χ4n) is 1.54. The van der Waals surface area contributed by atoms with Crippen molar-refractivity contribution in [2.45, 2.75) is 45.3 Å². The van der Waals surface area contributed by atoms with Gasteiger partial charge in [-0.25, -0.2) is 4.79 Å². The van der Waals surface area contributed by atoms with Crippen LogP contribution < -0.4 is 0 Å². The highest BCUT2D eigenvalue weighted by Crippen LogP contribution is 2.28. The lowest BCUT2D eigenvalue weighted by molar-refractivity contribution is -0.179. The van der Waals surface area contributed by atoms with Gasteiger partial charge in [-0.1, -0.05) is 37.3 Å². The zero-order valence-electron chi connectivity index (χ0n) is 10.9. The van der Waals surface area contributed by atoms with Crippen LogP contribution in [0.2, 0.25) is 0 Å². The Bertz CT molecular complexity index is 378. The Morgan fingerprint density at radius 3 is 2.18 bits per heavy atom. The predicted octanol–water partition coefficient (Wildman–Crippen LogP) is 2.63. The van der Waals surface area contributed by atoms with Crippen LogP contribution in [0.4, 0.5) is 0 Å². The van der Waals surface area contributed by atoms with Crippen LogP contribution in [-0.4, -0.2) is 16.7 Å². The largest absolute Gasteiger partial charge is 0.458 e. The molecule has 0 heterocycles. The minimum Gasteiger partial charge on any atom is -0.458 e. The van der Waals surface area contributed by atoms with Crippen molar-refractivity contribution in [2.24, 2.45) is 0 Å². The van der Waals surface area contributed by atoms with E-state index in [1.54, 1.807) is 52.0 Å². The van der Waals surface area contributed by atoms with Crippen LogP contribution in [0.3, 0.4) is 0 Å². The molecule has 0 amide bonds. The monoisotopic (exact) mass is 236 g/mol. The van der Waals surface area contributed by atoms with Crippen LogP contribution in [0.1, 0.15) is 39.7 Å². The average Bonchev–Trinajstić information content (AvgIpc) is 2.27. The lowest BCUT2D eigenvalue weighted by atomic mass is 9.91. The second-order valence-electron chi connectivity index (χ2n) is 5.08. The topological polar surface area (TPSA) is 46.5 Å². The van der Waals surface area contributed by atoms with Crippen molar-refractivity contribution < 1.29 is 14.6 Å². The molecule has 1 N–H and O–H groups in total. The molecular formula is C14H20O3. The van der Waals surface area contributed by atoms with E-state index in [-0.39, 0.29) is 6.42 Å². The fourth-order valence-corrected chi connectivity index (χ4v) is 1.54. The Kier molecular flexibility index (Phi) is 3.94. The van der Waals surface area contributed by atoms with Crippen molar-refractivity contribution in [3.8, 4) is 0 Å². The first-order valence-electron chi connectivity index (χ1n) is 5.81. The molecule has 94 valence electrons. The normalized spacial score (nSPS) is 15.1. The molecule has 0 saturated carbocycles. The lowest BCUT2D eigenvalue weighted by Crippen LogP contribution is -2.40. The smallest absolute Gasteiger partial charge is 0.343 e. The van der Waals surface area contributed by atoms with Crippen molar-refractivity contribution in [3.63, 3.8) is 0 Å². The summed E-state index contributed by atoms with van der Waals surface area (Å²) in [5, 5.41) is 10.4. The molecule has 0 radical (unpaired) electrons. The van der Waals surface area contributed by atoms with E-state index in [1.807, 2.05) is 6.07 Å². The van der Waals surface area contributed by atoms with Crippen LogP contribution in [0.5, 0.6) is 0 Å². The van der Waals surface area contributed by atoms with Gasteiger partial charge in [-0.05, 0) is 32.8 Å². The van der Waals surface area contributed by atoms with Crippen LogP contribution >= 0.6 is 0 Å². The summed E-state index contributed by atoms with van der Waals surface area (Å²) in [6.07, 6.45) is 0.284. The van der Waals surface area contributed by atoms with Gasteiger partial charge in [0.2, 0.25) is 0 Å². The summed E-state index contributed by atoms with van der Waals surface area (Å²) in [7, 11) is 0. The Morgan fingerprint density at radius 1 is 1.24 bits per heavy atom. The first-order chi connectivity index (χ1) is 7.79. The van der Waals surface area contributed by atoms with Crippen molar-refractivity contribution in [1.82, 2.24) is 0 Å². The molecular weight excluding hydrogens is 216 g/mol. The molecule has 0 unspecified atom stereocenters. The average molecular weight is 236 g/mol. The summed E-state index contributed by atoms with van der Waals surface area (Å²) in [4.78, 5) is 12.0. The predicted molar refractivity (Wildman–Crippen MR) is 66.5 cm³/mol. The molecule has 1 rings (SSSR count). The SMILES string of the molecule is CC[C@@](O)(C(=O)OC(C)(C)C)c1ccccc1. The molecule has 0 bridgehead atoms. The van der Waals surface area contributed by atoms with Crippen molar-refractivity contribution in [1.29, 1.82) is 0 Å². The molecule has 1 aromatic rings. The van der Waals surface area contributed by atoms with Gasteiger partial charge in [0, 0.05) is 0 Å². The van der Waals surface area contributed by atoms with Crippen LogP contribution in [0.15, 0.2) is 30.3 Å². The molecule has 0 aliphatic rings. The van der Waals surface area contributed by atoms with Crippen LogP contribution in [0, 0.1) is 0 Å². The number of carbonyl (C=O) groups is 1. The van der Waals surface area contributed by atoms with Crippen molar-refractivity contribution in [2.75, 3.05) is 0 Å². The maximum Gasteiger partial charge on any atom is 0.343 e. The first-order valence-corrected chi connectivity index (χ1v) is 5.81. The number of benzene rings is 1. The Morgan fingerprint density at radius 2 is 1.76 bits per heavy atom. The highest BCUT2D eigenvalue weighted by molar-refractivity contribution is 5.81. The fraction of sp³-hybridized carbons (Fsp3) is 0.500. The quantitative estimate of drug-likeness (QED) is 0.821. The van der Waals surface area contributed by atoms with Gasteiger partial charge in [0.1, 0.15) is 5.60 Å². The number of aliphatic hydroxyl groups is 1. The molecule has 0 aromatic heterocycles. The third-order valence-corrected chi connectivity index (χ3v) is 2.50. The van der Waals surface area contributed by atoms with Crippen molar-refractivity contribution in [3.05, 3.63) is 35.9 Å². The summed E-state index contributed by atoms with van der Waals surface area (Å²) < 4.78 is 5.26. The zero-order chi connectivity index (χ0) is 13.1. The number of rotatable bonds is 3.